The summed E-state index contributed by atoms with van der Waals surface area (Å²) in [6.07, 6.45) is 3.78. The second kappa shape index (κ2) is 6.10. The van der Waals surface area contributed by atoms with Gasteiger partial charge in [0.1, 0.15) is 0 Å². The Balaban J connectivity index is 1.81. The van der Waals surface area contributed by atoms with E-state index in [1.54, 1.807) is 17.5 Å². The third-order valence-corrected chi connectivity index (χ3v) is 4.57. The van der Waals surface area contributed by atoms with E-state index in [2.05, 4.69) is 53.5 Å². The third-order valence-electron chi connectivity index (χ3n) is 3.46. The van der Waals surface area contributed by atoms with Crippen LogP contribution in [0.5, 0.6) is 0 Å². The molecule has 2 aromatic heterocycles. The second-order valence-corrected chi connectivity index (χ2v) is 5.92. The Morgan fingerprint density at radius 2 is 2.14 bits per heavy atom. The van der Waals surface area contributed by atoms with Crippen LogP contribution in [0.25, 0.3) is 0 Å². The number of anilines is 1. The molecule has 0 aliphatic carbocycles. The Morgan fingerprint density at radius 1 is 1.29 bits per heavy atom. The highest BCUT2D eigenvalue weighted by Crippen LogP contribution is 2.27. The molecule has 4 nitrogen and oxygen atoms in total. The first kappa shape index (κ1) is 13.8. The van der Waals surface area contributed by atoms with E-state index in [1.807, 2.05) is 22.5 Å². The normalized spacial score (nSPS) is 12.3. The van der Waals surface area contributed by atoms with Crippen molar-refractivity contribution < 1.29 is 0 Å². The van der Waals surface area contributed by atoms with E-state index in [9.17, 15) is 0 Å². The van der Waals surface area contributed by atoms with Crippen molar-refractivity contribution in [3.05, 3.63) is 64.4 Å². The maximum atomic E-state index is 4.33. The van der Waals surface area contributed by atoms with Gasteiger partial charge in [-0.3, -0.25) is 4.68 Å². The molecule has 1 aromatic carbocycles. The van der Waals surface area contributed by atoms with Crippen LogP contribution >= 0.6 is 11.3 Å². The highest BCUT2D eigenvalue weighted by molar-refractivity contribution is 7.09. The molecular formula is C16H18N4S. The number of benzene rings is 1. The van der Waals surface area contributed by atoms with E-state index in [4.69, 9.17) is 0 Å². The Morgan fingerprint density at radius 3 is 2.86 bits per heavy atom. The van der Waals surface area contributed by atoms with Crippen LogP contribution in [0.15, 0.2) is 48.2 Å². The van der Waals surface area contributed by atoms with E-state index >= 15 is 0 Å². The number of hydrogen-bond acceptors (Lipinski definition) is 4. The molecule has 21 heavy (non-hydrogen) atoms. The zero-order chi connectivity index (χ0) is 14.7. The van der Waals surface area contributed by atoms with Gasteiger partial charge < -0.3 is 5.32 Å². The van der Waals surface area contributed by atoms with E-state index < -0.39 is 0 Å². The van der Waals surface area contributed by atoms with Crippen LogP contribution in [0.3, 0.4) is 0 Å². The van der Waals surface area contributed by atoms with Crippen molar-refractivity contribution in [1.82, 2.24) is 14.8 Å². The van der Waals surface area contributed by atoms with Gasteiger partial charge in [0.2, 0.25) is 0 Å². The van der Waals surface area contributed by atoms with Gasteiger partial charge in [-0.05, 0) is 31.5 Å². The maximum Gasteiger partial charge on any atom is 0.0798 e. The minimum Gasteiger partial charge on any atom is -0.377 e. The van der Waals surface area contributed by atoms with Crippen molar-refractivity contribution >= 4 is 17.0 Å². The molecule has 0 saturated heterocycles. The van der Waals surface area contributed by atoms with Gasteiger partial charge >= 0.3 is 0 Å². The number of para-hydroxylation sites is 1. The predicted molar refractivity (Wildman–Crippen MR) is 86.7 cm³/mol. The van der Waals surface area contributed by atoms with E-state index in [1.165, 1.54) is 10.4 Å². The summed E-state index contributed by atoms with van der Waals surface area (Å²) in [5.41, 5.74) is 5.38. The molecular weight excluding hydrogens is 280 g/mol. The number of nitrogens with zero attached hydrogens (tertiary/aromatic N) is 3. The fraction of sp³-hybridized carbons (Fsp3) is 0.250. The minimum absolute atomic E-state index is 0.247. The zero-order valence-electron chi connectivity index (χ0n) is 12.2. The number of aromatic nitrogens is 3. The molecule has 108 valence electrons. The first-order chi connectivity index (χ1) is 10.2. The number of aryl methyl sites for hydroxylation is 1. The average Bonchev–Trinajstić information content (AvgIpc) is 3.12. The molecule has 3 aromatic rings. The number of thiazole rings is 1. The Bertz CT molecular complexity index is 703. The van der Waals surface area contributed by atoms with Crippen molar-refractivity contribution in [1.29, 1.82) is 0 Å². The fourth-order valence-corrected chi connectivity index (χ4v) is 3.20. The standard InChI is InChI=1S/C16H18N4S/c1-12-16(21-11-17-12)13(2)19-15-7-4-3-6-14(15)10-20-9-5-8-18-20/h3-9,11,13,19H,10H2,1-2H3. The minimum atomic E-state index is 0.247. The lowest BCUT2D eigenvalue weighted by Gasteiger charge is -2.17. The molecule has 0 aliphatic rings. The predicted octanol–water partition coefficient (Wildman–Crippen LogP) is 3.87. The van der Waals surface area contributed by atoms with E-state index in [-0.39, 0.29) is 6.04 Å². The summed E-state index contributed by atoms with van der Waals surface area (Å²) in [6.45, 7) is 5.00. The zero-order valence-corrected chi connectivity index (χ0v) is 13.0. The van der Waals surface area contributed by atoms with Crippen molar-refractivity contribution in [3.8, 4) is 0 Å². The molecule has 2 heterocycles. The van der Waals surface area contributed by atoms with Gasteiger partial charge in [0.15, 0.2) is 0 Å². The molecule has 0 fully saturated rings. The quantitative estimate of drug-likeness (QED) is 0.777. The first-order valence-electron chi connectivity index (χ1n) is 6.96. The van der Waals surface area contributed by atoms with Crippen molar-refractivity contribution in [2.75, 3.05) is 5.32 Å². The number of hydrogen-bond donors (Lipinski definition) is 1. The summed E-state index contributed by atoms with van der Waals surface area (Å²) in [6, 6.07) is 10.6. The summed E-state index contributed by atoms with van der Waals surface area (Å²) in [5, 5.41) is 7.87. The second-order valence-electron chi connectivity index (χ2n) is 5.03. The van der Waals surface area contributed by atoms with E-state index in [0.29, 0.717) is 0 Å². The van der Waals surface area contributed by atoms with Crippen LogP contribution in [0, 0.1) is 6.92 Å². The van der Waals surface area contributed by atoms with Gasteiger partial charge in [0.05, 0.1) is 23.8 Å². The van der Waals surface area contributed by atoms with Gasteiger partial charge in [0, 0.05) is 23.0 Å². The van der Waals surface area contributed by atoms with Crippen LogP contribution in [0.4, 0.5) is 5.69 Å². The smallest absolute Gasteiger partial charge is 0.0798 e. The largest absolute Gasteiger partial charge is 0.377 e. The van der Waals surface area contributed by atoms with Gasteiger partial charge in [0.25, 0.3) is 0 Å². The Labute approximate surface area is 128 Å². The third kappa shape index (κ3) is 3.13. The molecule has 0 spiro atoms. The van der Waals surface area contributed by atoms with Crippen LogP contribution in [0.1, 0.15) is 29.1 Å². The average molecular weight is 298 g/mol. The molecule has 1 atom stereocenters. The molecule has 1 N–H and O–H groups in total. The highest BCUT2D eigenvalue weighted by atomic mass is 32.1. The fourth-order valence-electron chi connectivity index (χ4n) is 2.39. The molecule has 0 radical (unpaired) electrons. The van der Waals surface area contributed by atoms with Crippen molar-refractivity contribution in [2.24, 2.45) is 0 Å². The lowest BCUT2D eigenvalue weighted by molar-refractivity contribution is 0.686. The molecule has 5 heteroatoms. The molecule has 1 unspecified atom stereocenters. The summed E-state index contributed by atoms with van der Waals surface area (Å²) in [7, 11) is 0. The van der Waals surface area contributed by atoms with Gasteiger partial charge in [-0.1, -0.05) is 18.2 Å². The summed E-state index contributed by atoms with van der Waals surface area (Å²) < 4.78 is 1.93. The maximum absolute atomic E-state index is 4.33. The van der Waals surface area contributed by atoms with Crippen LogP contribution in [-0.4, -0.2) is 14.8 Å². The van der Waals surface area contributed by atoms with Gasteiger partial charge in [-0.15, -0.1) is 11.3 Å². The van der Waals surface area contributed by atoms with E-state index in [0.717, 1.165) is 17.9 Å². The molecule has 0 aliphatic heterocycles. The van der Waals surface area contributed by atoms with Crippen LogP contribution < -0.4 is 5.32 Å². The number of rotatable bonds is 5. The van der Waals surface area contributed by atoms with Crippen molar-refractivity contribution in [2.45, 2.75) is 26.4 Å². The molecule has 3 rings (SSSR count). The van der Waals surface area contributed by atoms with Crippen molar-refractivity contribution in [3.63, 3.8) is 0 Å². The Kier molecular flexibility index (Phi) is 4.01. The molecule has 0 amide bonds. The summed E-state index contributed by atoms with van der Waals surface area (Å²) in [5.74, 6) is 0. The van der Waals surface area contributed by atoms with Gasteiger partial charge in [-0.25, -0.2) is 4.98 Å². The summed E-state index contributed by atoms with van der Waals surface area (Å²) >= 11 is 1.70. The SMILES string of the molecule is Cc1ncsc1C(C)Nc1ccccc1Cn1cccn1. The monoisotopic (exact) mass is 298 g/mol. The molecule has 0 saturated carbocycles. The lowest BCUT2D eigenvalue weighted by atomic mass is 10.1. The summed E-state index contributed by atoms with van der Waals surface area (Å²) in [4.78, 5) is 5.61. The van der Waals surface area contributed by atoms with Gasteiger partial charge in [-0.2, -0.15) is 5.10 Å². The highest BCUT2D eigenvalue weighted by Gasteiger charge is 2.12. The molecule has 0 bridgehead atoms. The number of nitrogens with one attached hydrogen (secondary N) is 1. The van der Waals surface area contributed by atoms with Crippen LogP contribution in [-0.2, 0) is 6.54 Å². The topological polar surface area (TPSA) is 42.7 Å². The Hall–Kier alpha value is -2.14. The lowest BCUT2D eigenvalue weighted by Crippen LogP contribution is -2.10. The van der Waals surface area contributed by atoms with Crippen LogP contribution in [0.2, 0.25) is 0 Å². The first-order valence-corrected chi connectivity index (χ1v) is 7.84.